The predicted molar refractivity (Wildman–Crippen MR) is 85.0 cm³/mol. The summed E-state index contributed by atoms with van der Waals surface area (Å²) in [4.78, 5) is 2.28. The van der Waals surface area contributed by atoms with E-state index in [2.05, 4.69) is 17.0 Å². The van der Waals surface area contributed by atoms with Crippen molar-refractivity contribution in [1.82, 2.24) is 4.31 Å². The van der Waals surface area contributed by atoms with E-state index < -0.39 is 10.0 Å². The average Bonchev–Trinajstić information content (AvgIpc) is 2.49. The van der Waals surface area contributed by atoms with Crippen LogP contribution in [0.1, 0.15) is 18.9 Å². The van der Waals surface area contributed by atoms with E-state index in [1.807, 2.05) is 19.1 Å². The van der Waals surface area contributed by atoms with Crippen LogP contribution < -0.4 is 4.90 Å². The van der Waals surface area contributed by atoms with Crippen LogP contribution in [-0.4, -0.2) is 51.8 Å². The van der Waals surface area contributed by atoms with E-state index in [-0.39, 0.29) is 5.75 Å². The number of anilines is 1. The molecule has 1 saturated heterocycles. The van der Waals surface area contributed by atoms with Crippen LogP contribution in [-0.2, 0) is 21.3 Å². The third kappa shape index (κ3) is 4.43. The highest BCUT2D eigenvalue weighted by atomic mass is 32.2. The second-order valence-electron chi connectivity index (χ2n) is 5.34. The topological polar surface area (TPSA) is 49.9 Å². The van der Waals surface area contributed by atoms with Gasteiger partial charge in [0, 0.05) is 32.4 Å². The van der Waals surface area contributed by atoms with E-state index in [0.717, 1.165) is 31.9 Å². The van der Waals surface area contributed by atoms with Gasteiger partial charge in [0.1, 0.15) is 0 Å². The first-order chi connectivity index (χ1) is 10.0. The first-order valence-corrected chi connectivity index (χ1v) is 8.99. The molecule has 21 heavy (non-hydrogen) atoms. The van der Waals surface area contributed by atoms with Crippen molar-refractivity contribution in [1.29, 1.82) is 0 Å². The Labute approximate surface area is 127 Å². The molecule has 0 spiro atoms. The Morgan fingerprint density at radius 1 is 1.19 bits per heavy atom. The van der Waals surface area contributed by atoms with Gasteiger partial charge < -0.3 is 9.64 Å². The summed E-state index contributed by atoms with van der Waals surface area (Å²) in [7, 11) is -1.49. The van der Waals surface area contributed by atoms with Crippen molar-refractivity contribution in [3.05, 3.63) is 29.8 Å². The molecule has 5 nitrogen and oxygen atoms in total. The summed E-state index contributed by atoms with van der Waals surface area (Å²) in [5.41, 5.74) is 2.18. The van der Waals surface area contributed by atoms with Crippen molar-refractivity contribution in [3.63, 3.8) is 0 Å². The first kappa shape index (κ1) is 16.3. The molecule has 0 aromatic heterocycles. The molecule has 0 atom stereocenters. The standard InChI is InChI=1S/C15H24N2O3S/c1-3-12-21(18,19)16(2)13-14-4-6-15(7-5-14)17-8-10-20-11-9-17/h4-7H,3,8-13H2,1-2H3. The Bertz CT molecular complexity index is 537. The van der Waals surface area contributed by atoms with Crippen molar-refractivity contribution in [2.45, 2.75) is 19.9 Å². The molecule has 0 amide bonds. The Hall–Kier alpha value is -1.11. The van der Waals surface area contributed by atoms with Crippen molar-refractivity contribution in [3.8, 4) is 0 Å². The average molecular weight is 312 g/mol. The number of hydrogen-bond donors (Lipinski definition) is 0. The molecule has 1 heterocycles. The summed E-state index contributed by atoms with van der Waals surface area (Å²) in [6, 6.07) is 8.12. The molecular weight excluding hydrogens is 288 g/mol. The molecule has 1 fully saturated rings. The maximum atomic E-state index is 12.0. The van der Waals surface area contributed by atoms with Crippen molar-refractivity contribution >= 4 is 15.7 Å². The molecule has 0 saturated carbocycles. The fraction of sp³-hybridized carbons (Fsp3) is 0.600. The second-order valence-corrected chi connectivity index (χ2v) is 7.53. The molecule has 0 N–H and O–H groups in total. The largest absolute Gasteiger partial charge is 0.378 e. The molecule has 0 radical (unpaired) electrons. The zero-order valence-electron chi connectivity index (χ0n) is 12.8. The summed E-state index contributed by atoms with van der Waals surface area (Å²) in [5.74, 6) is 0.204. The van der Waals surface area contributed by atoms with Crippen LogP contribution in [0.5, 0.6) is 0 Å². The van der Waals surface area contributed by atoms with E-state index in [1.54, 1.807) is 7.05 Å². The van der Waals surface area contributed by atoms with E-state index in [0.29, 0.717) is 13.0 Å². The van der Waals surface area contributed by atoms with Gasteiger partial charge in [0.05, 0.1) is 19.0 Å². The maximum absolute atomic E-state index is 12.0. The zero-order chi connectivity index (χ0) is 15.3. The fourth-order valence-corrected chi connectivity index (χ4v) is 3.58. The number of rotatable bonds is 6. The van der Waals surface area contributed by atoms with Crippen LogP contribution in [0.3, 0.4) is 0 Å². The van der Waals surface area contributed by atoms with Gasteiger partial charge in [0.15, 0.2) is 0 Å². The Balaban J connectivity index is 1.99. The quantitative estimate of drug-likeness (QED) is 0.802. The van der Waals surface area contributed by atoms with Gasteiger partial charge in [-0.2, -0.15) is 0 Å². The summed E-state index contributed by atoms with van der Waals surface area (Å²) < 4.78 is 30.7. The van der Waals surface area contributed by atoms with E-state index in [4.69, 9.17) is 4.74 Å². The number of morpholine rings is 1. The van der Waals surface area contributed by atoms with Gasteiger partial charge in [-0.15, -0.1) is 0 Å². The monoisotopic (exact) mass is 312 g/mol. The maximum Gasteiger partial charge on any atom is 0.214 e. The van der Waals surface area contributed by atoms with Gasteiger partial charge in [0.2, 0.25) is 10.0 Å². The van der Waals surface area contributed by atoms with Crippen LogP contribution >= 0.6 is 0 Å². The second kappa shape index (κ2) is 7.24. The molecule has 1 aliphatic heterocycles. The minimum Gasteiger partial charge on any atom is -0.378 e. The summed E-state index contributed by atoms with van der Waals surface area (Å²) in [5, 5.41) is 0. The lowest BCUT2D eigenvalue weighted by atomic mass is 10.2. The third-order valence-corrected chi connectivity index (χ3v) is 5.66. The Kier molecular flexibility index (Phi) is 5.61. The van der Waals surface area contributed by atoms with E-state index in [9.17, 15) is 8.42 Å². The van der Waals surface area contributed by atoms with E-state index in [1.165, 1.54) is 9.99 Å². The number of sulfonamides is 1. The molecular formula is C15H24N2O3S. The van der Waals surface area contributed by atoms with Gasteiger partial charge in [-0.25, -0.2) is 12.7 Å². The fourth-order valence-electron chi connectivity index (χ4n) is 2.40. The number of ether oxygens (including phenoxy) is 1. The minimum atomic E-state index is -3.13. The van der Waals surface area contributed by atoms with Gasteiger partial charge in [-0.3, -0.25) is 0 Å². The van der Waals surface area contributed by atoms with Gasteiger partial charge in [-0.05, 0) is 24.1 Å². The molecule has 2 rings (SSSR count). The third-order valence-electron chi connectivity index (χ3n) is 3.65. The molecule has 1 aliphatic rings. The van der Waals surface area contributed by atoms with Crippen LogP contribution in [0.15, 0.2) is 24.3 Å². The highest BCUT2D eigenvalue weighted by molar-refractivity contribution is 7.89. The molecule has 0 aliphatic carbocycles. The molecule has 0 bridgehead atoms. The lowest BCUT2D eigenvalue weighted by Gasteiger charge is -2.29. The van der Waals surface area contributed by atoms with Crippen molar-refractivity contribution in [2.75, 3.05) is 44.0 Å². The molecule has 1 aromatic carbocycles. The molecule has 0 unspecified atom stereocenters. The highest BCUT2D eigenvalue weighted by Crippen LogP contribution is 2.18. The van der Waals surface area contributed by atoms with Crippen molar-refractivity contribution < 1.29 is 13.2 Å². The van der Waals surface area contributed by atoms with Crippen LogP contribution in [0, 0.1) is 0 Å². The lowest BCUT2D eigenvalue weighted by molar-refractivity contribution is 0.122. The minimum absolute atomic E-state index is 0.204. The number of nitrogens with zero attached hydrogens (tertiary/aromatic N) is 2. The van der Waals surface area contributed by atoms with Crippen molar-refractivity contribution in [2.24, 2.45) is 0 Å². The van der Waals surface area contributed by atoms with E-state index >= 15 is 0 Å². The lowest BCUT2D eigenvalue weighted by Crippen LogP contribution is -2.36. The smallest absolute Gasteiger partial charge is 0.214 e. The zero-order valence-corrected chi connectivity index (χ0v) is 13.6. The van der Waals surface area contributed by atoms with Crippen LogP contribution in [0.25, 0.3) is 0 Å². The summed E-state index contributed by atoms with van der Waals surface area (Å²) in [6.45, 7) is 5.64. The highest BCUT2D eigenvalue weighted by Gasteiger charge is 2.17. The number of benzene rings is 1. The molecule has 1 aromatic rings. The molecule has 6 heteroatoms. The summed E-state index contributed by atoms with van der Waals surface area (Å²) in [6.07, 6.45) is 0.642. The first-order valence-electron chi connectivity index (χ1n) is 7.38. The normalized spacial score (nSPS) is 16.4. The Morgan fingerprint density at radius 2 is 1.81 bits per heavy atom. The van der Waals surface area contributed by atoms with Crippen LogP contribution in [0.4, 0.5) is 5.69 Å². The number of hydrogen-bond acceptors (Lipinski definition) is 4. The van der Waals surface area contributed by atoms with Crippen LogP contribution in [0.2, 0.25) is 0 Å². The van der Waals surface area contributed by atoms with Gasteiger partial charge in [0.25, 0.3) is 0 Å². The Morgan fingerprint density at radius 3 is 2.38 bits per heavy atom. The predicted octanol–water partition coefficient (Wildman–Crippen LogP) is 1.69. The van der Waals surface area contributed by atoms with Gasteiger partial charge >= 0.3 is 0 Å². The van der Waals surface area contributed by atoms with Gasteiger partial charge in [-0.1, -0.05) is 19.1 Å². The SMILES string of the molecule is CCCS(=O)(=O)N(C)Cc1ccc(N2CCOCC2)cc1. The summed E-state index contributed by atoms with van der Waals surface area (Å²) >= 11 is 0. The molecule has 118 valence electrons.